The Balaban J connectivity index is 1.91. The Bertz CT molecular complexity index is 740. The van der Waals surface area contributed by atoms with E-state index in [4.69, 9.17) is 10.5 Å². The smallest absolute Gasteiger partial charge is 0.261 e. The van der Waals surface area contributed by atoms with Gasteiger partial charge >= 0.3 is 0 Å². The van der Waals surface area contributed by atoms with Crippen molar-refractivity contribution in [1.29, 1.82) is 0 Å². The summed E-state index contributed by atoms with van der Waals surface area (Å²) in [7, 11) is 1.57. The van der Waals surface area contributed by atoms with Gasteiger partial charge in [0.1, 0.15) is 5.75 Å². The molecule has 1 aliphatic heterocycles. The molecular formula is C16H14N2O3. The maximum Gasteiger partial charge on any atom is 0.261 e. The van der Waals surface area contributed by atoms with Gasteiger partial charge in [-0.1, -0.05) is 12.1 Å². The van der Waals surface area contributed by atoms with Gasteiger partial charge in [0.05, 0.1) is 24.8 Å². The van der Waals surface area contributed by atoms with Crippen LogP contribution in [0.5, 0.6) is 5.75 Å². The highest BCUT2D eigenvalue weighted by atomic mass is 16.5. The highest BCUT2D eigenvalue weighted by Crippen LogP contribution is 2.26. The molecule has 0 aromatic heterocycles. The van der Waals surface area contributed by atoms with Crippen LogP contribution in [0.15, 0.2) is 42.5 Å². The Morgan fingerprint density at radius 1 is 1.05 bits per heavy atom. The third-order valence-corrected chi connectivity index (χ3v) is 3.47. The third kappa shape index (κ3) is 2.23. The molecule has 2 aromatic rings. The Morgan fingerprint density at radius 3 is 2.57 bits per heavy atom. The predicted octanol–water partition coefficient (Wildman–Crippen LogP) is 2.07. The van der Waals surface area contributed by atoms with E-state index in [0.717, 1.165) is 5.56 Å². The first-order valence-electron chi connectivity index (χ1n) is 6.49. The maximum absolute atomic E-state index is 12.3. The molecule has 2 amide bonds. The third-order valence-electron chi connectivity index (χ3n) is 3.47. The highest BCUT2D eigenvalue weighted by Gasteiger charge is 2.35. The molecule has 3 rings (SSSR count). The summed E-state index contributed by atoms with van der Waals surface area (Å²) in [5.74, 6) is 0.0799. The van der Waals surface area contributed by atoms with Gasteiger partial charge in [0, 0.05) is 5.69 Å². The number of hydrogen-bond acceptors (Lipinski definition) is 4. The molecular weight excluding hydrogens is 268 g/mol. The van der Waals surface area contributed by atoms with E-state index in [0.29, 0.717) is 22.6 Å². The van der Waals surface area contributed by atoms with Crippen LogP contribution in [0.4, 0.5) is 5.69 Å². The molecule has 2 aromatic carbocycles. The van der Waals surface area contributed by atoms with Crippen LogP contribution in [0.1, 0.15) is 26.3 Å². The van der Waals surface area contributed by atoms with Crippen LogP contribution in [0.3, 0.4) is 0 Å². The minimum atomic E-state index is -0.315. The van der Waals surface area contributed by atoms with Crippen molar-refractivity contribution in [2.75, 3.05) is 12.8 Å². The molecule has 0 atom stereocenters. The Morgan fingerprint density at radius 2 is 1.81 bits per heavy atom. The van der Waals surface area contributed by atoms with E-state index < -0.39 is 0 Å². The average molecular weight is 282 g/mol. The molecule has 0 aliphatic carbocycles. The van der Waals surface area contributed by atoms with Crippen LogP contribution in [0, 0.1) is 0 Å². The van der Waals surface area contributed by atoms with Gasteiger partial charge in [-0.3, -0.25) is 14.5 Å². The fourth-order valence-corrected chi connectivity index (χ4v) is 2.41. The molecule has 0 saturated carbocycles. The summed E-state index contributed by atoms with van der Waals surface area (Å²) in [6.45, 7) is 0.212. The van der Waals surface area contributed by atoms with E-state index in [1.165, 1.54) is 4.90 Å². The maximum atomic E-state index is 12.3. The monoisotopic (exact) mass is 282 g/mol. The van der Waals surface area contributed by atoms with Gasteiger partial charge in [-0.15, -0.1) is 0 Å². The number of carbonyl (C=O) groups excluding carboxylic acids is 2. The van der Waals surface area contributed by atoms with Crippen LogP contribution in [0.2, 0.25) is 0 Å². The zero-order valence-corrected chi connectivity index (χ0v) is 11.5. The molecule has 0 bridgehead atoms. The summed E-state index contributed by atoms with van der Waals surface area (Å²) in [5, 5.41) is 0. The second-order valence-corrected chi connectivity index (χ2v) is 4.85. The second-order valence-electron chi connectivity index (χ2n) is 4.85. The van der Waals surface area contributed by atoms with E-state index in [9.17, 15) is 9.59 Å². The molecule has 0 saturated heterocycles. The number of imide groups is 1. The summed E-state index contributed by atoms with van der Waals surface area (Å²) < 4.78 is 5.15. The van der Waals surface area contributed by atoms with Gasteiger partial charge in [0.25, 0.3) is 11.8 Å². The normalized spacial score (nSPS) is 13.5. The number of nitrogens with zero attached hydrogens (tertiary/aromatic N) is 1. The molecule has 0 unspecified atom stereocenters. The summed E-state index contributed by atoms with van der Waals surface area (Å²) in [4.78, 5) is 25.9. The number of carbonyl (C=O) groups is 2. The lowest BCUT2D eigenvalue weighted by atomic mass is 10.1. The van der Waals surface area contributed by atoms with Crippen molar-refractivity contribution >= 4 is 17.5 Å². The lowest BCUT2D eigenvalue weighted by Gasteiger charge is -2.14. The summed E-state index contributed by atoms with van der Waals surface area (Å²) in [5.41, 5.74) is 7.74. The van der Waals surface area contributed by atoms with E-state index in [2.05, 4.69) is 0 Å². The number of fused-ring (bicyclic) bond motifs is 1. The Kier molecular flexibility index (Phi) is 3.10. The molecule has 21 heavy (non-hydrogen) atoms. The van der Waals surface area contributed by atoms with Gasteiger partial charge in [-0.05, 0) is 35.9 Å². The Hall–Kier alpha value is -2.82. The van der Waals surface area contributed by atoms with Gasteiger partial charge in [-0.25, -0.2) is 0 Å². The molecule has 1 heterocycles. The van der Waals surface area contributed by atoms with Crippen LogP contribution < -0.4 is 10.5 Å². The number of hydrogen-bond donors (Lipinski definition) is 1. The fraction of sp³-hybridized carbons (Fsp3) is 0.125. The highest BCUT2D eigenvalue weighted by molar-refractivity contribution is 6.21. The fourth-order valence-electron chi connectivity index (χ4n) is 2.41. The molecule has 2 N–H and O–H groups in total. The van der Waals surface area contributed by atoms with E-state index >= 15 is 0 Å². The van der Waals surface area contributed by atoms with Crippen molar-refractivity contribution in [1.82, 2.24) is 4.90 Å². The molecule has 5 heteroatoms. The minimum Gasteiger partial charge on any atom is -0.497 e. The lowest BCUT2D eigenvalue weighted by molar-refractivity contribution is 0.0642. The first-order valence-corrected chi connectivity index (χ1v) is 6.49. The quantitative estimate of drug-likeness (QED) is 0.691. The summed E-state index contributed by atoms with van der Waals surface area (Å²) in [6, 6.07) is 12.0. The average Bonchev–Trinajstić information content (AvgIpc) is 2.72. The summed E-state index contributed by atoms with van der Waals surface area (Å²) in [6.07, 6.45) is 0. The number of ether oxygens (including phenoxy) is 1. The van der Waals surface area contributed by atoms with Crippen LogP contribution in [0.25, 0.3) is 0 Å². The second kappa shape index (κ2) is 4.94. The molecule has 0 spiro atoms. The van der Waals surface area contributed by atoms with E-state index in [1.54, 1.807) is 31.4 Å². The van der Waals surface area contributed by atoms with Crippen molar-refractivity contribution in [3.05, 3.63) is 59.2 Å². The van der Waals surface area contributed by atoms with Crippen LogP contribution in [-0.2, 0) is 6.54 Å². The van der Waals surface area contributed by atoms with Crippen molar-refractivity contribution in [2.45, 2.75) is 6.54 Å². The number of nitrogen functional groups attached to an aromatic ring is 1. The van der Waals surface area contributed by atoms with Crippen molar-refractivity contribution in [3.63, 3.8) is 0 Å². The Labute approximate surface area is 121 Å². The van der Waals surface area contributed by atoms with E-state index in [-0.39, 0.29) is 18.4 Å². The first-order chi connectivity index (χ1) is 10.1. The van der Waals surface area contributed by atoms with Gasteiger partial charge in [0.2, 0.25) is 0 Å². The van der Waals surface area contributed by atoms with Crippen molar-refractivity contribution in [2.24, 2.45) is 0 Å². The number of nitrogens with two attached hydrogens (primary N) is 1. The van der Waals surface area contributed by atoms with Gasteiger partial charge < -0.3 is 10.5 Å². The topological polar surface area (TPSA) is 72.6 Å². The molecule has 0 radical (unpaired) electrons. The van der Waals surface area contributed by atoms with Crippen molar-refractivity contribution in [3.8, 4) is 5.75 Å². The largest absolute Gasteiger partial charge is 0.497 e. The number of rotatable bonds is 3. The lowest BCUT2D eigenvalue weighted by Crippen LogP contribution is -2.29. The van der Waals surface area contributed by atoms with E-state index in [1.807, 2.05) is 18.2 Å². The molecule has 5 nitrogen and oxygen atoms in total. The molecule has 106 valence electrons. The SMILES string of the molecule is COc1cccc(CN2C(=O)c3ccc(N)cc3C2=O)c1. The number of amides is 2. The predicted molar refractivity (Wildman–Crippen MR) is 78.1 cm³/mol. The first kappa shape index (κ1) is 13.2. The van der Waals surface area contributed by atoms with Crippen LogP contribution in [-0.4, -0.2) is 23.8 Å². The van der Waals surface area contributed by atoms with Crippen LogP contribution >= 0.6 is 0 Å². The number of benzene rings is 2. The number of anilines is 1. The zero-order chi connectivity index (χ0) is 15.0. The summed E-state index contributed by atoms with van der Waals surface area (Å²) >= 11 is 0. The van der Waals surface area contributed by atoms with Gasteiger partial charge in [-0.2, -0.15) is 0 Å². The zero-order valence-electron chi connectivity index (χ0n) is 11.5. The standard InChI is InChI=1S/C16H14N2O3/c1-21-12-4-2-3-10(7-12)9-18-15(19)13-6-5-11(17)8-14(13)16(18)20/h2-8H,9,17H2,1H3. The van der Waals surface area contributed by atoms with Crippen molar-refractivity contribution < 1.29 is 14.3 Å². The molecule has 0 fully saturated rings. The minimum absolute atomic E-state index is 0.212. The number of methoxy groups -OCH3 is 1. The molecule has 1 aliphatic rings. The van der Waals surface area contributed by atoms with Gasteiger partial charge in [0.15, 0.2) is 0 Å².